The Morgan fingerprint density at radius 2 is 1.00 bits per heavy atom. The summed E-state index contributed by atoms with van der Waals surface area (Å²) in [4.78, 5) is 0. The van der Waals surface area contributed by atoms with Crippen LogP contribution in [0.3, 0.4) is 0 Å². The average Bonchev–Trinajstić information content (AvgIpc) is 3.31. The molecular formula is C57H106O12. The van der Waals surface area contributed by atoms with Gasteiger partial charge in [0.15, 0.2) is 0 Å². The summed E-state index contributed by atoms with van der Waals surface area (Å²) in [5.74, 6) is 1.71. The number of unbranched alkanes of at least 4 members (excludes halogenated alkanes) is 1. The van der Waals surface area contributed by atoms with Crippen LogP contribution in [0, 0.1) is 38.4 Å². The third-order valence-corrected chi connectivity index (χ3v) is 15.8. The molecule has 12 heteroatoms. The van der Waals surface area contributed by atoms with E-state index in [0.29, 0.717) is 22.3 Å². The van der Waals surface area contributed by atoms with Gasteiger partial charge >= 0.3 is 0 Å². The van der Waals surface area contributed by atoms with E-state index in [0.717, 1.165) is 143 Å². The first-order chi connectivity index (χ1) is 33.4. The number of para-hydroxylation sites is 1. The molecule has 7 aliphatic rings. The number of aliphatic hydroxyl groups is 2. The lowest BCUT2D eigenvalue weighted by Crippen LogP contribution is -2.46. The molecule has 6 heterocycles. The van der Waals surface area contributed by atoms with Crippen molar-refractivity contribution in [2.45, 2.75) is 158 Å². The van der Waals surface area contributed by atoms with Crippen molar-refractivity contribution < 1.29 is 59.0 Å². The molecule has 6 aliphatic heterocycles. The number of hydrogen-bond donors (Lipinski definition) is 2. The number of hydrogen-bond acceptors (Lipinski definition) is 12. The molecule has 1 aliphatic carbocycles. The molecule has 1 atom stereocenters. The lowest BCUT2D eigenvalue weighted by Gasteiger charge is -2.41. The third-order valence-electron chi connectivity index (χ3n) is 15.8. The van der Waals surface area contributed by atoms with Crippen molar-refractivity contribution in [1.29, 1.82) is 0 Å². The molecule has 12 nitrogen and oxygen atoms in total. The van der Waals surface area contributed by atoms with Gasteiger partial charge in [-0.25, -0.2) is 0 Å². The summed E-state index contributed by atoms with van der Waals surface area (Å²) in [6.07, 6.45) is 18.1. The van der Waals surface area contributed by atoms with Gasteiger partial charge in [-0.2, -0.15) is 0 Å². The van der Waals surface area contributed by atoms with Crippen molar-refractivity contribution in [2.75, 3.05) is 132 Å². The van der Waals surface area contributed by atoms with Crippen molar-refractivity contribution in [3.05, 3.63) is 30.3 Å². The quantitative estimate of drug-likeness (QED) is 0.102. The fraction of sp³-hybridized carbons (Fsp3) is 0.895. The molecule has 2 N–H and O–H groups in total. The van der Waals surface area contributed by atoms with Gasteiger partial charge in [0.2, 0.25) is 0 Å². The SMILES string of the molecule is CC1(CO)COC1.CCC1(CO)COC1.CCC1(COC2CCCCC2)COC1.CCC1(COc2ccccc2)COC1.CCCCC(CC)COCC1(CC)COC1.CCOCC1(CC)COC1.[HH]. The molecule has 8 rings (SSSR count). The second-order valence-corrected chi connectivity index (χ2v) is 22.1. The van der Waals surface area contributed by atoms with Crippen molar-refractivity contribution in [3.63, 3.8) is 0 Å². The van der Waals surface area contributed by atoms with E-state index in [1.807, 2.05) is 44.2 Å². The van der Waals surface area contributed by atoms with Gasteiger partial charge in [0.25, 0.3) is 0 Å². The summed E-state index contributed by atoms with van der Waals surface area (Å²) in [7, 11) is 0. The number of aliphatic hydroxyl groups excluding tert-OH is 2. The van der Waals surface area contributed by atoms with Gasteiger partial charge in [-0.15, -0.1) is 0 Å². The summed E-state index contributed by atoms with van der Waals surface area (Å²) in [5, 5.41) is 17.3. The molecule has 0 radical (unpaired) electrons. The Labute approximate surface area is 422 Å². The Hall–Kier alpha value is -1.42. The Morgan fingerprint density at radius 1 is 0.551 bits per heavy atom. The molecule has 0 bridgehead atoms. The molecule has 406 valence electrons. The normalized spacial score (nSPS) is 22.8. The number of rotatable bonds is 24. The summed E-state index contributed by atoms with van der Waals surface area (Å²) in [5.41, 5.74) is 1.60. The summed E-state index contributed by atoms with van der Waals surface area (Å²) < 4.78 is 53.8. The molecular weight excluding hydrogens is 877 g/mol. The van der Waals surface area contributed by atoms with E-state index in [9.17, 15) is 0 Å². The van der Waals surface area contributed by atoms with Crippen LogP contribution in [0.4, 0.5) is 0 Å². The zero-order valence-electron chi connectivity index (χ0n) is 45.6. The van der Waals surface area contributed by atoms with Crippen LogP contribution in [0.15, 0.2) is 30.3 Å². The van der Waals surface area contributed by atoms with Gasteiger partial charge < -0.3 is 57.6 Å². The summed E-state index contributed by atoms with van der Waals surface area (Å²) >= 11 is 0. The first-order valence-electron chi connectivity index (χ1n) is 27.5. The highest BCUT2D eigenvalue weighted by atomic mass is 16.5. The van der Waals surface area contributed by atoms with E-state index < -0.39 is 0 Å². The van der Waals surface area contributed by atoms with E-state index in [2.05, 4.69) is 48.5 Å². The zero-order chi connectivity index (χ0) is 50.4. The van der Waals surface area contributed by atoms with E-state index in [-0.39, 0.29) is 30.9 Å². The van der Waals surface area contributed by atoms with Crippen molar-refractivity contribution in [2.24, 2.45) is 38.4 Å². The Morgan fingerprint density at radius 3 is 1.33 bits per heavy atom. The van der Waals surface area contributed by atoms with Gasteiger partial charge in [0.05, 0.1) is 130 Å². The topological polar surface area (TPSA) is 133 Å². The Kier molecular flexibility index (Phi) is 30.0. The zero-order valence-corrected chi connectivity index (χ0v) is 45.6. The van der Waals surface area contributed by atoms with Crippen molar-refractivity contribution in [1.82, 2.24) is 0 Å². The van der Waals surface area contributed by atoms with Gasteiger partial charge in [-0.1, -0.05) is 112 Å². The van der Waals surface area contributed by atoms with Crippen LogP contribution in [0.2, 0.25) is 0 Å². The maximum atomic E-state index is 8.76. The second-order valence-electron chi connectivity index (χ2n) is 22.1. The first kappa shape index (κ1) is 61.9. The van der Waals surface area contributed by atoms with Gasteiger partial charge in [-0.05, 0) is 76.3 Å². The molecule has 7 fully saturated rings. The Bertz CT molecular complexity index is 1350. The van der Waals surface area contributed by atoms with Crippen LogP contribution < -0.4 is 4.74 Å². The van der Waals surface area contributed by atoms with Crippen LogP contribution in [0.5, 0.6) is 5.75 Å². The highest BCUT2D eigenvalue weighted by Crippen LogP contribution is 2.35. The third kappa shape index (κ3) is 21.5. The molecule has 69 heavy (non-hydrogen) atoms. The van der Waals surface area contributed by atoms with Crippen molar-refractivity contribution >= 4 is 0 Å². The van der Waals surface area contributed by atoms with E-state index in [1.54, 1.807) is 0 Å². The summed E-state index contributed by atoms with van der Waals surface area (Å²) in [6.45, 7) is 35.3. The number of ether oxygens (including phenoxy) is 10. The molecule has 0 spiro atoms. The molecule has 1 saturated carbocycles. The smallest absolute Gasteiger partial charge is 0.119 e. The first-order valence-corrected chi connectivity index (χ1v) is 27.5. The van der Waals surface area contributed by atoms with E-state index in [1.165, 1.54) is 77.0 Å². The maximum Gasteiger partial charge on any atom is 0.119 e. The minimum Gasteiger partial charge on any atom is -0.493 e. The minimum atomic E-state index is 0. The van der Waals surface area contributed by atoms with Gasteiger partial charge in [0.1, 0.15) is 5.75 Å². The predicted octanol–water partition coefficient (Wildman–Crippen LogP) is 11.0. The second kappa shape index (κ2) is 33.4. The maximum absolute atomic E-state index is 8.76. The molecule has 1 unspecified atom stereocenters. The number of benzene rings is 1. The van der Waals surface area contributed by atoms with Crippen LogP contribution in [-0.4, -0.2) is 148 Å². The molecule has 6 saturated heterocycles. The predicted molar refractivity (Wildman–Crippen MR) is 278 cm³/mol. The van der Waals surface area contributed by atoms with Crippen LogP contribution in [-0.2, 0) is 42.6 Å². The fourth-order valence-electron chi connectivity index (χ4n) is 8.40. The average molecular weight is 983 g/mol. The highest BCUT2D eigenvalue weighted by Gasteiger charge is 2.40. The van der Waals surface area contributed by atoms with E-state index >= 15 is 0 Å². The lowest BCUT2D eigenvalue weighted by atomic mass is 9.84. The van der Waals surface area contributed by atoms with Crippen LogP contribution in [0.25, 0.3) is 0 Å². The fourth-order valence-corrected chi connectivity index (χ4v) is 8.40. The Balaban J connectivity index is 0.000000293. The van der Waals surface area contributed by atoms with Crippen LogP contribution >= 0.6 is 0 Å². The van der Waals surface area contributed by atoms with Gasteiger partial charge in [-0.3, -0.25) is 0 Å². The molecule has 0 amide bonds. The minimum absolute atomic E-state index is 0. The van der Waals surface area contributed by atoms with Crippen LogP contribution in [0.1, 0.15) is 154 Å². The standard InChI is InChI=1S/C14H28O2.C12H22O2.C12H16O2.C8H16O2.C6H12O2.C5H10O2.H2/c1-4-7-8-13(5-2)9-15-10-14(6-3)11-16-12-14;2*1-2-12(8-13-9-12)10-14-11-6-4-3-5-7-11;1-3-8(5-9-4-2)6-10-7-8;1-2-6(3-7)4-8-5-6;1-5(2-6)3-7-4-5;/h13H,4-12H2,1-3H3;11H,2-10H2,1H3;3-7H,2,8-10H2,1H3;3-7H2,1-2H3;7H,2-5H2,1H3;6H,2-4H2,1H3;1H. The summed E-state index contributed by atoms with van der Waals surface area (Å²) in [6, 6.07) is 9.96. The monoisotopic (exact) mass is 983 g/mol. The molecule has 1 aromatic rings. The molecule has 1 aromatic carbocycles. The van der Waals surface area contributed by atoms with Gasteiger partial charge in [0, 0.05) is 41.7 Å². The largest absolute Gasteiger partial charge is 0.493 e. The van der Waals surface area contributed by atoms with Crippen molar-refractivity contribution in [3.8, 4) is 5.75 Å². The molecule has 0 aromatic heterocycles. The van der Waals surface area contributed by atoms with E-state index in [4.69, 9.17) is 57.6 Å². The highest BCUT2D eigenvalue weighted by molar-refractivity contribution is 5.21. The lowest BCUT2D eigenvalue weighted by molar-refractivity contribution is -0.163.